The van der Waals surface area contributed by atoms with E-state index >= 15 is 0 Å². The molecule has 0 radical (unpaired) electrons. The van der Waals surface area contributed by atoms with Gasteiger partial charge >= 0.3 is 0 Å². The van der Waals surface area contributed by atoms with Gasteiger partial charge in [-0.1, -0.05) is 23.2 Å². The number of imidazole rings is 2. The zero-order valence-electron chi connectivity index (χ0n) is 16.0. The number of aromatic nitrogens is 8. The first kappa shape index (κ1) is 22.1. The Morgan fingerprint density at radius 1 is 0.793 bits per heavy atom. The van der Waals surface area contributed by atoms with Crippen molar-refractivity contribution < 1.29 is 0 Å². The minimum Gasteiger partial charge on any atom is -0.382 e. The van der Waals surface area contributed by atoms with E-state index < -0.39 is 0 Å². The molecule has 0 atom stereocenters. The van der Waals surface area contributed by atoms with Crippen molar-refractivity contribution in [2.75, 3.05) is 11.1 Å². The number of anilines is 3. The highest BCUT2D eigenvalue weighted by Gasteiger charge is 1.99. The number of halogens is 2. The van der Waals surface area contributed by atoms with Crippen LogP contribution >= 0.6 is 23.2 Å². The fourth-order valence-corrected chi connectivity index (χ4v) is 2.21. The second-order valence-corrected chi connectivity index (χ2v) is 6.50. The van der Waals surface area contributed by atoms with Gasteiger partial charge in [0.2, 0.25) is 0 Å². The summed E-state index contributed by atoms with van der Waals surface area (Å²) in [4.78, 5) is 23.1. The molecule has 4 aromatic rings. The lowest BCUT2D eigenvalue weighted by molar-refractivity contribution is 0.913. The number of nitrogens with one attached hydrogen (secondary N) is 1. The lowest BCUT2D eigenvalue weighted by Crippen LogP contribution is -1.94. The van der Waals surface area contributed by atoms with Crippen LogP contribution in [0.3, 0.4) is 0 Å². The molecule has 10 nitrogen and oxygen atoms in total. The molecule has 3 N–H and O–H groups in total. The van der Waals surface area contributed by atoms with E-state index in [9.17, 15) is 0 Å². The number of hydrogen-bond acceptors (Lipinski definition) is 8. The summed E-state index contributed by atoms with van der Waals surface area (Å²) in [6.45, 7) is 1.87. The first-order chi connectivity index (χ1) is 13.8. The molecule has 12 heteroatoms. The molecule has 4 heterocycles. The highest BCUT2D eigenvalue weighted by Crippen LogP contribution is 2.13. The van der Waals surface area contributed by atoms with Crippen molar-refractivity contribution in [1.82, 2.24) is 39.0 Å². The Morgan fingerprint density at radius 2 is 1.41 bits per heavy atom. The highest BCUT2D eigenvalue weighted by molar-refractivity contribution is 6.29. The van der Waals surface area contributed by atoms with Gasteiger partial charge < -0.3 is 20.2 Å². The average Bonchev–Trinajstić information content (AvgIpc) is 3.23. The number of nitrogens with two attached hydrogens (primary N) is 1. The second kappa shape index (κ2) is 10.9. The number of rotatable bonds is 2. The third-order valence-electron chi connectivity index (χ3n) is 3.09. The Labute approximate surface area is 177 Å². The smallest absolute Gasteiger partial charge is 0.149 e. The molecule has 0 fully saturated rings. The third-order valence-corrected chi connectivity index (χ3v) is 3.50. The zero-order valence-corrected chi connectivity index (χ0v) is 17.5. The summed E-state index contributed by atoms with van der Waals surface area (Å²) >= 11 is 11.2. The van der Waals surface area contributed by atoms with Gasteiger partial charge in [-0.2, -0.15) is 0 Å². The molecule has 0 bridgehead atoms. The summed E-state index contributed by atoms with van der Waals surface area (Å²) in [5.41, 5.74) is 6.14. The van der Waals surface area contributed by atoms with Gasteiger partial charge in [-0.05, 0) is 13.0 Å². The van der Waals surface area contributed by atoms with Crippen LogP contribution in [0.1, 0.15) is 5.69 Å². The van der Waals surface area contributed by atoms with E-state index in [2.05, 4.69) is 35.2 Å². The molecule has 4 rings (SSSR count). The Balaban J connectivity index is 0.000000170. The number of nitrogens with zero attached hydrogens (tertiary/aromatic N) is 8. The molecule has 0 aromatic carbocycles. The molecule has 0 amide bonds. The Morgan fingerprint density at radius 3 is 1.83 bits per heavy atom. The van der Waals surface area contributed by atoms with Gasteiger partial charge in [0.15, 0.2) is 0 Å². The van der Waals surface area contributed by atoms with Crippen LogP contribution in [0, 0.1) is 6.92 Å². The second-order valence-electron chi connectivity index (χ2n) is 5.72. The van der Waals surface area contributed by atoms with Gasteiger partial charge in [0.05, 0.1) is 12.7 Å². The van der Waals surface area contributed by atoms with Crippen molar-refractivity contribution in [3.8, 4) is 0 Å². The fourth-order valence-electron chi connectivity index (χ4n) is 1.87. The fraction of sp³-hybridized carbons (Fsp3) is 0.176. The van der Waals surface area contributed by atoms with Crippen molar-refractivity contribution in [3.05, 3.63) is 65.8 Å². The zero-order chi connectivity index (χ0) is 21.2. The van der Waals surface area contributed by atoms with Gasteiger partial charge in [0.1, 0.15) is 40.4 Å². The Kier molecular flexibility index (Phi) is 8.31. The predicted molar refractivity (Wildman–Crippen MR) is 113 cm³/mol. The van der Waals surface area contributed by atoms with Crippen LogP contribution in [0.15, 0.2) is 49.8 Å². The maximum absolute atomic E-state index is 5.70. The Hall–Kier alpha value is -3.24. The van der Waals surface area contributed by atoms with Crippen molar-refractivity contribution in [1.29, 1.82) is 0 Å². The summed E-state index contributed by atoms with van der Waals surface area (Å²) in [7, 11) is 3.77. The molecule has 152 valence electrons. The summed E-state index contributed by atoms with van der Waals surface area (Å²) in [5.74, 6) is 1.92. The predicted octanol–water partition coefficient (Wildman–Crippen LogP) is 3.05. The van der Waals surface area contributed by atoms with Gasteiger partial charge in [-0.15, -0.1) is 0 Å². The molecular formula is C17H20Cl2N10. The summed E-state index contributed by atoms with van der Waals surface area (Å²) < 4.78 is 3.64. The van der Waals surface area contributed by atoms with E-state index in [1.54, 1.807) is 35.6 Å². The average molecular weight is 435 g/mol. The number of aryl methyl sites for hydroxylation is 3. The molecule has 0 saturated heterocycles. The van der Waals surface area contributed by atoms with Gasteiger partial charge in [0.25, 0.3) is 0 Å². The van der Waals surface area contributed by atoms with Crippen LogP contribution in [0.25, 0.3) is 0 Å². The molecule has 0 spiro atoms. The standard InChI is InChI=1S/C8H8ClN5.C5H5ClN2.C4H7N3/c1-14-3-8(12-5-14)13-7-2-6(9)10-4-11-7;1-4-2-5(6)8-3-7-4;1-7-2-4(5)6-3-7/h2-5H,1H3,(H,10,11,13);2-3H,1H3;2-3H,5H2,1H3. The SMILES string of the molecule is Cc1cc(Cl)ncn1.Cn1cnc(N)c1.Cn1cnc(Nc2cc(Cl)ncn2)c1. The van der Waals surface area contributed by atoms with Crippen LogP contribution in [0.5, 0.6) is 0 Å². The van der Waals surface area contributed by atoms with Crippen LogP contribution in [-0.4, -0.2) is 39.0 Å². The van der Waals surface area contributed by atoms with Crippen molar-refractivity contribution in [2.24, 2.45) is 14.1 Å². The maximum atomic E-state index is 5.70. The van der Waals surface area contributed by atoms with Crippen molar-refractivity contribution >= 4 is 40.7 Å². The number of hydrogen-bond donors (Lipinski definition) is 2. The minimum atomic E-state index is 0.401. The largest absolute Gasteiger partial charge is 0.382 e. The van der Waals surface area contributed by atoms with Crippen LogP contribution in [-0.2, 0) is 14.1 Å². The van der Waals surface area contributed by atoms with E-state index in [-0.39, 0.29) is 0 Å². The molecule has 29 heavy (non-hydrogen) atoms. The minimum absolute atomic E-state index is 0.401. The van der Waals surface area contributed by atoms with Gasteiger partial charge in [0, 0.05) is 38.2 Å². The highest BCUT2D eigenvalue weighted by atomic mass is 35.5. The van der Waals surface area contributed by atoms with E-state index in [0.717, 1.165) is 11.5 Å². The van der Waals surface area contributed by atoms with Gasteiger partial charge in [-0.3, -0.25) is 0 Å². The molecule has 0 aliphatic rings. The molecular weight excluding hydrogens is 415 g/mol. The molecule has 0 aliphatic heterocycles. The molecule has 4 aromatic heterocycles. The summed E-state index contributed by atoms with van der Waals surface area (Å²) in [6.07, 6.45) is 9.79. The normalized spacial score (nSPS) is 9.69. The molecule has 0 unspecified atom stereocenters. The van der Waals surface area contributed by atoms with E-state index in [1.807, 2.05) is 31.8 Å². The monoisotopic (exact) mass is 434 g/mol. The quantitative estimate of drug-likeness (QED) is 0.460. The number of nitrogen functional groups attached to an aromatic ring is 1. The molecule has 0 saturated carbocycles. The van der Waals surface area contributed by atoms with Crippen LogP contribution < -0.4 is 11.1 Å². The topological polar surface area (TPSA) is 125 Å². The van der Waals surface area contributed by atoms with E-state index in [0.29, 0.717) is 21.9 Å². The Bertz CT molecular complexity index is 996. The first-order valence-corrected chi connectivity index (χ1v) is 8.97. The summed E-state index contributed by atoms with van der Waals surface area (Å²) in [5, 5.41) is 3.90. The van der Waals surface area contributed by atoms with Crippen LogP contribution in [0.4, 0.5) is 17.5 Å². The van der Waals surface area contributed by atoms with Crippen molar-refractivity contribution in [2.45, 2.75) is 6.92 Å². The maximum Gasteiger partial charge on any atom is 0.149 e. The van der Waals surface area contributed by atoms with Crippen LogP contribution in [0.2, 0.25) is 10.3 Å². The third kappa shape index (κ3) is 8.54. The summed E-state index contributed by atoms with van der Waals surface area (Å²) in [6, 6.07) is 3.35. The van der Waals surface area contributed by atoms with E-state index in [4.69, 9.17) is 28.9 Å². The van der Waals surface area contributed by atoms with Gasteiger partial charge in [-0.25, -0.2) is 29.9 Å². The van der Waals surface area contributed by atoms with E-state index in [1.165, 1.54) is 12.7 Å². The lowest BCUT2D eigenvalue weighted by atomic mass is 10.5. The lowest BCUT2D eigenvalue weighted by Gasteiger charge is -2.00. The van der Waals surface area contributed by atoms with Crippen molar-refractivity contribution in [3.63, 3.8) is 0 Å². The molecule has 0 aliphatic carbocycles. The first-order valence-electron chi connectivity index (χ1n) is 8.22.